The van der Waals surface area contributed by atoms with Crippen molar-refractivity contribution in [1.29, 1.82) is 0 Å². The Morgan fingerprint density at radius 1 is 0.786 bits per heavy atom. The molecule has 1 rings (SSSR count). The van der Waals surface area contributed by atoms with E-state index in [1.165, 1.54) is 0 Å². The second-order valence-electron chi connectivity index (χ2n) is 3.25. The van der Waals surface area contributed by atoms with Crippen molar-refractivity contribution in [2.24, 2.45) is 0 Å². The van der Waals surface area contributed by atoms with E-state index in [0.717, 1.165) is 5.56 Å². The van der Waals surface area contributed by atoms with E-state index in [4.69, 9.17) is 46.9 Å². The van der Waals surface area contributed by atoms with Crippen molar-refractivity contribution in [3.8, 4) is 11.5 Å². The number of ether oxygens (including phenoxy) is 5. The minimum atomic E-state index is 0.169. The number of hydrogen-bond donors (Lipinski definition) is 0. The second-order valence-corrected chi connectivity index (χ2v) is 3.83. The van der Waals surface area contributed by atoms with Gasteiger partial charge < -0.3 is 0 Å². The number of rotatable bonds is 8. The molecule has 0 saturated heterocycles. The van der Waals surface area contributed by atoms with E-state index in [2.05, 4.69) is 49.1 Å². The molecule has 0 unspecified atom stereocenters. The molecule has 0 aliphatic heterocycles. The number of benzene rings is 1. The zero-order valence-corrected chi connectivity index (χ0v) is 16.4. The fraction of sp³-hybridized carbons (Fsp3) is 0.294. The van der Waals surface area contributed by atoms with E-state index in [1.54, 1.807) is 39.5 Å². The van der Waals surface area contributed by atoms with Crippen LogP contribution in [0.4, 0.5) is 0 Å². The predicted octanol–water partition coefficient (Wildman–Crippen LogP) is 1.14. The van der Waals surface area contributed by atoms with Crippen LogP contribution in [0.1, 0.15) is 5.56 Å². The molecule has 0 amide bonds. The first-order valence-corrected chi connectivity index (χ1v) is 6.84. The van der Waals surface area contributed by atoms with Crippen molar-refractivity contribution in [3.05, 3.63) is 57.0 Å². The molecule has 28 heavy (non-hydrogen) atoms. The van der Waals surface area contributed by atoms with Crippen molar-refractivity contribution in [2.45, 2.75) is 0 Å². The zero-order chi connectivity index (χ0) is 23.4. The molecule has 150 valence electrons. The van der Waals surface area contributed by atoms with E-state index in [9.17, 15) is 0 Å². The molecule has 0 aliphatic carbocycles. The summed E-state index contributed by atoms with van der Waals surface area (Å²) in [4.78, 5) is 0. The SMILES string of the molecule is COCOc1ccc(OCOC)c([C](=[Cr])OC)c1.[C-]#[O+].[C-]#[O+].[C-]#[O+].[C-]#[O+].[C-]#[O+]. The Morgan fingerprint density at radius 2 is 1.21 bits per heavy atom. The molecule has 1 aromatic rings. The fourth-order valence-electron chi connectivity index (χ4n) is 1.24. The van der Waals surface area contributed by atoms with Crippen LogP contribution in [0.5, 0.6) is 11.5 Å². The van der Waals surface area contributed by atoms with Gasteiger partial charge in [0.05, 0.1) is 0 Å². The van der Waals surface area contributed by atoms with Crippen molar-refractivity contribution in [3.63, 3.8) is 0 Å². The van der Waals surface area contributed by atoms with E-state index < -0.39 is 0 Å². The fourth-order valence-corrected chi connectivity index (χ4v) is 1.49. The Labute approximate surface area is 171 Å². The third kappa shape index (κ3) is 20.1. The van der Waals surface area contributed by atoms with Gasteiger partial charge in [0, 0.05) is 0 Å². The van der Waals surface area contributed by atoms with Gasteiger partial charge in [-0.05, 0) is 0 Å². The molecule has 0 aromatic heterocycles. The third-order valence-corrected chi connectivity index (χ3v) is 2.64. The molecule has 0 saturated carbocycles. The monoisotopic (exact) mass is 432 g/mol. The van der Waals surface area contributed by atoms with Crippen LogP contribution in [0, 0.1) is 33.3 Å². The summed E-state index contributed by atoms with van der Waals surface area (Å²) in [5.41, 5.74) is 0.767. The van der Waals surface area contributed by atoms with E-state index in [-0.39, 0.29) is 13.6 Å². The molecule has 1 aromatic carbocycles. The van der Waals surface area contributed by atoms with Gasteiger partial charge in [-0.25, -0.2) is 0 Å². The van der Waals surface area contributed by atoms with E-state index in [0.29, 0.717) is 16.1 Å². The van der Waals surface area contributed by atoms with Crippen LogP contribution in [0.3, 0.4) is 0 Å². The molecule has 11 heteroatoms. The summed E-state index contributed by atoms with van der Waals surface area (Å²) in [6.07, 6.45) is 0. The first kappa shape index (κ1) is 36.7. The van der Waals surface area contributed by atoms with E-state index in [1.807, 2.05) is 0 Å². The van der Waals surface area contributed by atoms with Gasteiger partial charge in [-0.15, -0.1) is 0 Å². The molecular weight excluding hydrogens is 416 g/mol. The summed E-state index contributed by atoms with van der Waals surface area (Å²) in [6, 6.07) is 5.38. The molecule has 0 aliphatic rings. The van der Waals surface area contributed by atoms with Gasteiger partial charge in [-0.3, -0.25) is 0 Å². The summed E-state index contributed by atoms with van der Waals surface area (Å²) in [7, 11) is 4.71. The molecule has 0 N–H and O–H groups in total. The quantitative estimate of drug-likeness (QED) is 0.343. The number of hydrogen-bond acceptors (Lipinski definition) is 5. The van der Waals surface area contributed by atoms with Crippen LogP contribution in [-0.4, -0.2) is 39.5 Å². The normalized spacial score (nSPS) is 6.89. The van der Waals surface area contributed by atoms with E-state index >= 15 is 0 Å². The van der Waals surface area contributed by atoms with Gasteiger partial charge in [0.15, 0.2) is 0 Å². The minimum absolute atomic E-state index is 0.169. The summed E-state index contributed by atoms with van der Waals surface area (Å²) >= 11 is 2.83. The molecule has 10 nitrogen and oxygen atoms in total. The third-order valence-electron chi connectivity index (χ3n) is 2.03. The van der Waals surface area contributed by atoms with Gasteiger partial charge in [-0.2, -0.15) is 0 Å². The standard InChI is InChI=1S/C12H16O5.5CO.Cr/c1-13-7-10-6-11(16-8-14-2)4-5-12(10)17-9-15-3;5*1-2;/h4-6H,8-9H2,1-3H3;;;;;;. The van der Waals surface area contributed by atoms with Crippen LogP contribution in [-0.2, 0) is 53.3 Å². The molecule has 0 heterocycles. The van der Waals surface area contributed by atoms with Crippen molar-refractivity contribution in [1.82, 2.24) is 0 Å². The second kappa shape index (κ2) is 35.8. The molecule has 0 radical (unpaired) electrons. The summed E-state index contributed by atoms with van der Waals surface area (Å²) in [5.74, 6) is 1.32. The van der Waals surface area contributed by atoms with Crippen LogP contribution >= 0.6 is 0 Å². The Morgan fingerprint density at radius 3 is 1.61 bits per heavy atom. The maximum absolute atomic E-state index is 7.50. The van der Waals surface area contributed by atoms with Gasteiger partial charge in [0.1, 0.15) is 0 Å². The van der Waals surface area contributed by atoms with Crippen molar-refractivity contribution < 1.29 is 62.8 Å². The first-order valence-electron chi connectivity index (χ1n) is 6.20. The predicted molar refractivity (Wildman–Crippen MR) is 82.2 cm³/mol. The van der Waals surface area contributed by atoms with Crippen molar-refractivity contribution in [2.75, 3.05) is 34.9 Å². The average molecular weight is 432 g/mol. The Kier molecular flexibility index (Phi) is 46.9. The van der Waals surface area contributed by atoms with Gasteiger partial charge in [0.2, 0.25) is 0 Å². The zero-order valence-electron chi connectivity index (χ0n) is 15.1. The molecule has 0 spiro atoms. The van der Waals surface area contributed by atoms with Crippen LogP contribution in [0.25, 0.3) is 0 Å². The summed E-state index contributed by atoms with van der Waals surface area (Å²) in [6.45, 7) is 22.9. The van der Waals surface area contributed by atoms with Crippen LogP contribution < -0.4 is 9.47 Å². The first-order chi connectivity index (χ1) is 13.7. The Balaban J connectivity index is -0.000000153. The average Bonchev–Trinajstić information content (AvgIpc) is 2.82. The molecule has 0 fully saturated rings. The van der Waals surface area contributed by atoms with Gasteiger partial charge in [0.25, 0.3) is 0 Å². The maximum atomic E-state index is 7.50. The Bertz CT molecular complexity index is 555. The Hall–Kier alpha value is -2.20. The summed E-state index contributed by atoms with van der Waals surface area (Å²) in [5, 5.41) is 0. The number of methoxy groups -OCH3 is 3. The topological polar surface area (TPSA) is 146 Å². The molecule has 0 bridgehead atoms. The van der Waals surface area contributed by atoms with Crippen molar-refractivity contribution >= 4 is 4.57 Å². The van der Waals surface area contributed by atoms with Gasteiger partial charge in [-0.1, -0.05) is 0 Å². The summed E-state index contributed by atoms with van der Waals surface area (Å²) < 4.78 is 63.8. The molecular formula is C17H16CrO10. The molecule has 0 atom stereocenters. The van der Waals surface area contributed by atoms with Crippen LogP contribution in [0.15, 0.2) is 18.2 Å². The van der Waals surface area contributed by atoms with Gasteiger partial charge >= 0.3 is 171 Å². The van der Waals surface area contributed by atoms with Crippen LogP contribution in [0.2, 0.25) is 0 Å².